The van der Waals surface area contributed by atoms with Crippen molar-refractivity contribution in [1.29, 1.82) is 0 Å². The average Bonchev–Trinajstić information content (AvgIpc) is 3.24. The van der Waals surface area contributed by atoms with Crippen LogP contribution in [0.5, 0.6) is 0 Å². The van der Waals surface area contributed by atoms with Gasteiger partial charge in [0, 0.05) is 6.42 Å². The molecular formula is C16H17NO. The first-order chi connectivity index (χ1) is 8.79. The standard InChI is InChI=1S/C16H17NO/c17-16(11-15-12-18-15,13-7-3-1-4-8-13)14-9-5-2-6-10-14/h1-10,15H,11-12,17H2. The Morgan fingerprint density at radius 1 is 0.944 bits per heavy atom. The molecular weight excluding hydrogens is 222 g/mol. The van der Waals surface area contributed by atoms with Crippen LogP contribution < -0.4 is 5.73 Å². The van der Waals surface area contributed by atoms with Gasteiger partial charge in [-0.3, -0.25) is 0 Å². The van der Waals surface area contributed by atoms with Crippen molar-refractivity contribution in [2.45, 2.75) is 18.1 Å². The second-order valence-corrected chi connectivity index (χ2v) is 4.86. The van der Waals surface area contributed by atoms with Gasteiger partial charge in [0.2, 0.25) is 0 Å². The van der Waals surface area contributed by atoms with Crippen LogP contribution >= 0.6 is 0 Å². The van der Waals surface area contributed by atoms with Crippen molar-refractivity contribution in [2.75, 3.05) is 6.61 Å². The van der Waals surface area contributed by atoms with Crippen LogP contribution in [0.2, 0.25) is 0 Å². The SMILES string of the molecule is NC(CC1CO1)(c1ccccc1)c1ccccc1. The maximum atomic E-state index is 6.70. The largest absolute Gasteiger partial charge is 0.373 e. The van der Waals surface area contributed by atoms with Gasteiger partial charge in [0.15, 0.2) is 0 Å². The average molecular weight is 239 g/mol. The third-order valence-electron chi connectivity index (χ3n) is 3.53. The highest BCUT2D eigenvalue weighted by molar-refractivity contribution is 5.38. The molecule has 0 saturated carbocycles. The van der Waals surface area contributed by atoms with E-state index in [1.54, 1.807) is 0 Å². The molecule has 0 amide bonds. The van der Waals surface area contributed by atoms with Crippen molar-refractivity contribution in [3.05, 3.63) is 71.8 Å². The monoisotopic (exact) mass is 239 g/mol. The van der Waals surface area contributed by atoms with Gasteiger partial charge in [-0.1, -0.05) is 60.7 Å². The van der Waals surface area contributed by atoms with Crippen LogP contribution in [0, 0.1) is 0 Å². The zero-order chi connectivity index (χ0) is 12.4. The Labute approximate surface area is 107 Å². The van der Waals surface area contributed by atoms with Gasteiger partial charge in [-0.05, 0) is 11.1 Å². The summed E-state index contributed by atoms with van der Waals surface area (Å²) in [6, 6.07) is 20.5. The van der Waals surface area contributed by atoms with Gasteiger partial charge >= 0.3 is 0 Å². The van der Waals surface area contributed by atoms with Gasteiger partial charge in [-0.15, -0.1) is 0 Å². The van der Waals surface area contributed by atoms with E-state index in [4.69, 9.17) is 10.5 Å². The van der Waals surface area contributed by atoms with Crippen molar-refractivity contribution in [1.82, 2.24) is 0 Å². The number of ether oxygens (including phenoxy) is 1. The van der Waals surface area contributed by atoms with Gasteiger partial charge in [-0.25, -0.2) is 0 Å². The minimum absolute atomic E-state index is 0.301. The van der Waals surface area contributed by atoms with Crippen LogP contribution in [0.25, 0.3) is 0 Å². The number of rotatable bonds is 4. The number of epoxide rings is 1. The minimum atomic E-state index is -0.455. The maximum absolute atomic E-state index is 6.70. The summed E-state index contributed by atoms with van der Waals surface area (Å²) in [6.07, 6.45) is 1.14. The molecule has 0 radical (unpaired) electrons. The highest BCUT2D eigenvalue weighted by Gasteiger charge is 2.37. The first-order valence-corrected chi connectivity index (χ1v) is 6.30. The molecule has 0 bridgehead atoms. The van der Waals surface area contributed by atoms with Crippen molar-refractivity contribution < 1.29 is 4.74 Å². The third kappa shape index (κ3) is 2.17. The van der Waals surface area contributed by atoms with Gasteiger partial charge in [0.25, 0.3) is 0 Å². The molecule has 2 aromatic carbocycles. The number of hydrogen-bond acceptors (Lipinski definition) is 2. The predicted molar refractivity (Wildman–Crippen MR) is 72.2 cm³/mol. The van der Waals surface area contributed by atoms with Crippen LogP contribution in [0.15, 0.2) is 60.7 Å². The molecule has 18 heavy (non-hydrogen) atoms. The Hall–Kier alpha value is -1.64. The second-order valence-electron chi connectivity index (χ2n) is 4.86. The first kappa shape index (κ1) is 11.5. The Bertz CT molecular complexity index is 466. The predicted octanol–water partition coefficient (Wildman–Crippen LogP) is 2.68. The van der Waals surface area contributed by atoms with E-state index < -0.39 is 5.54 Å². The summed E-state index contributed by atoms with van der Waals surface area (Å²) in [4.78, 5) is 0. The molecule has 2 heteroatoms. The molecule has 1 unspecified atom stereocenters. The van der Waals surface area contributed by atoms with Crippen molar-refractivity contribution >= 4 is 0 Å². The first-order valence-electron chi connectivity index (χ1n) is 6.30. The van der Waals surface area contributed by atoms with E-state index in [2.05, 4.69) is 24.3 Å². The zero-order valence-corrected chi connectivity index (χ0v) is 10.3. The molecule has 1 fully saturated rings. The Morgan fingerprint density at radius 2 is 1.39 bits per heavy atom. The lowest BCUT2D eigenvalue weighted by molar-refractivity contribution is 0.349. The fraction of sp³-hybridized carbons (Fsp3) is 0.250. The quantitative estimate of drug-likeness (QED) is 0.833. The van der Waals surface area contributed by atoms with Crippen LogP contribution in [-0.4, -0.2) is 12.7 Å². The smallest absolute Gasteiger partial charge is 0.0834 e. The molecule has 1 aliphatic heterocycles. The molecule has 1 atom stereocenters. The summed E-state index contributed by atoms with van der Waals surface area (Å²) in [5, 5.41) is 0. The lowest BCUT2D eigenvalue weighted by Gasteiger charge is -2.30. The van der Waals surface area contributed by atoms with Gasteiger partial charge in [0.05, 0.1) is 18.2 Å². The van der Waals surface area contributed by atoms with Crippen LogP contribution in [0.1, 0.15) is 17.5 Å². The normalized spacial score (nSPS) is 18.6. The Kier molecular flexibility index (Phi) is 2.90. The summed E-state index contributed by atoms with van der Waals surface area (Å²) in [6.45, 7) is 0.832. The van der Waals surface area contributed by atoms with Gasteiger partial charge < -0.3 is 10.5 Å². The summed E-state index contributed by atoms with van der Waals surface area (Å²) >= 11 is 0. The molecule has 3 rings (SSSR count). The summed E-state index contributed by atoms with van der Waals surface area (Å²) < 4.78 is 5.37. The molecule has 1 heterocycles. The van der Waals surface area contributed by atoms with E-state index in [1.807, 2.05) is 36.4 Å². The Balaban J connectivity index is 2.03. The third-order valence-corrected chi connectivity index (χ3v) is 3.53. The molecule has 1 saturated heterocycles. The fourth-order valence-corrected chi connectivity index (χ4v) is 2.42. The van der Waals surface area contributed by atoms with Crippen molar-refractivity contribution in [2.24, 2.45) is 5.73 Å². The van der Waals surface area contributed by atoms with E-state index in [0.29, 0.717) is 6.10 Å². The fourth-order valence-electron chi connectivity index (χ4n) is 2.42. The second kappa shape index (κ2) is 4.56. The minimum Gasteiger partial charge on any atom is -0.373 e. The van der Waals surface area contributed by atoms with E-state index in [1.165, 1.54) is 0 Å². The van der Waals surface area contributed by atoms with Crippen LogP contribution in [-0.2, 0) is 10.3 Å². The summed E-state index contributed by atoms with van der Waals surface area (Å²) in [5.74, 6) is 0. The molecule has 2 nitrogen and oxygen atoms in total. The topological polar surface area (TPSA) is 38.5 Å². The van der Waals surface area contributed by atoms with Crippen molar-refractivity contribution in [3.63, 3.8) is 0 Å². The number of nitrogens with two attached hydrogens (primary N) is 1. The molecule has 1 aliphatic rings. The van der Waals surface area contributed by atoms with Gasteiger partial charge in [-0.2, -0.15) is 0 Å². The van der Waals surface area contributed by atoms with E-state index in [0.717, 1.165) is 24.2 Å². The van der Waals surface area contributed by atoms with Gasteiger partial charge in [0.1, 0.15) is 0 Å². The molecule has 2 N–H and O–H groups in total. The summed E-state index contributed by atoms with van der Waals surface area (Å²) in [7, 11) is 0. The molecule has 2 aromatic rings. The highest BCUT2D eigenvalue weighted by Crippen LogP contribution is 2.35. The van der Waals surface area contributed by atoms with E-state index in [9.17, 15) is 0 Å². The summed E-state index contributed by atoms with van der Waals surface area (Å²) in [5.41, 5.74) is 8.54. The lowest BCUT2D eigenvalue weighted by Crippen LogP contribution is -2.39. The van der Waals surface area contributed by atoms with E-state index >= 15 is 0 Å². The maximum Gasteiger partial charge on any atom is 0.0834 e. The van der Waals surface area contributed by atoms with Crippen LogP contribution in [0.4, 0.5) is 0 Å². The Morgan fingerprint density at radius 3 is 1.78 bits per heavy atom. The number of benzene rings is 2. The lowest BCUT2D eigenvalue weighted by atomic mass is 9.80. The molecule has 0 aromatic heterocycles. The molecule has 0 aliphatic carbocycles. The van der Waals surface area contributed by atoms with Crippen LogP contribution in [0.3, 0.4) is 0 Å². The highest BCUT2D eigenvalue weighted by atomic mass is 16.6. The number of hydrogen-bond donors (Lipinski definition) is 1. The van der Waals surface area contributed by atoms with Crippen molar-refractivity contribution in [3.8, 4) is 0 Å². The molecule has 92 valence electrons. The van der Waals surface area contributed by atoms with E-state index in [-0.39, 0.29) is 0 Å². The zero-order valence-electron chi connectivity index (χ0n) is 10.3. The molecule has 0 spiro atoms.